The van der Waals surface area contributed by atoms with Crippen molar-refractivity contribution in [2.45, 2.75) is 30.2 Å². The van der Waals surface area contributed by atoms with E-state index in [1.165, 1.54) is 26.7 Å². The van der Waals surface area contributed by atoms with Crippen molar-refractivity contribution in [3.8, 4) is 0 Å². The Hall–Kier alpha value is -2.76. The lowest BCUT2D eigenvalue weighted by Gasteiger charge is -2.34. The predicted molar refractivity (Wildman–Crippen MR) is 131 cm³/mol. The number of aryl methyl sites for hydroxylation is 1. The molecule has 31 heavy (non-hydrogen) atoms. The molecule has 1 aliphatic heterocycles. The molecule has 3 aromatic carbocycles. The first kappa shape index (κ1) is 20.2. The van der Waals surface area contributed by atoms with E-state index < -0.39 is 0 Å². The van der Waals surface area contributed by atoms with Gasteiger partial charge in [0.1, 0.15) is 5.82 Å². The molecule has 5 rings (SSSR count). The van der Waals surface area contributed by atoms with Gasteiger partial charge in [0.25, 0.3) is 0 Å². The van der Waals surface area contributed by atoms with Gasteiger partial charge in [0.15, 0.2) is 0 Å². The number of rotatable bonds is 7. The smallest absolute Gasteiger partial charge is 0.106 e. The van der Waals surface area contributed by atoms with E-state index in [1.807, 2.05) is 11.8 Å². The van der Waals surface area contributed by atoms with Crippen LogP contribution in [0.3, 0.4) is 0 Å². The Bertz CT molecular complexity index is 1150. The molecule has 1 N–H and O–H groups in total. The van der Waals surface area contributed by atoms with Gasteiger partial charge in [-0.25, -0.2) is 4.98 Å². The molecule has 0 aliphatic carbocycles. The van der Waals surface area contributed by atoms with Crippen LogP contribution < -0.4 is 10.2 Å². The second-order valence-corrected chi connectivity index (χ2v) is 9.34. The number of hydrogen-bond donors (Lipinski definition) is 1. The highest BCUT2D eigenvalue weighted by atomic mass is 32.2. The molecule has 0 spiro atoms. The zero-order valence-electron chi connectivity index (χ0n) is 18.1. The van der Waals surface area contributed by atoms with Crippen molar-refractivity contribution in [1.29, 1.82) is 0 Å². The molecule has 0 saturated heterocycles. The lowest BCUT2D eigenvalue weighted by atomic mass is 10.1. The molecule has 2 heterocycles. The summed E-state index contributed by atoms with van der Waals surface area (Å²) in [7, 11) is 0. The Morgan fingerprint density at radius 2 is 1.55 bits per heavy atom. The van der Waals surface area contributed by atoms with Crippen LogP contribution in [0.25, 0.3) is 11.0 Å². The monoisotopic (exact) mass is 428 g/mol. The van der Waals surface area contributed by atoms with E-state index in [9.17, 15) is 0 Å². The summed E-state index contributed by atoms with van der Waals surface area (Å²) in [6.45, 7) is 8.28. The van der Waals surface area contributed by atoms with Crippen LogP contribution in [-0.4, -0.2) is 29.2 Å². The van der Waals surface area contributed by atoms with Gasteiger partial charge >= 0.3 is 0 Å². The molecule has 1 unspecified atom stereocenters. The molecule has 0 radical (unpaired) electrons. The molecule has 0 bridgehead atoms. The van der Waals surface area contributed by atoms with Crippen LogP contribution in [0.1, 0.15) is 12.7 Å². The zero-order chi connectivity index (χ0) is 21.2. The van der Waals surface area contributed by atoms with E-state index in [0.717, 1.165) is 37.5 Å². The highest BCUT2D eigenvalue weighted by molar-refractivity contribution is 7.99. The second-order valence-electron chi connectivity index (χ2n) is 8.26. The Balaban J connectivity index is 1.22. The number of imidazole rings is 1. The number of hydrogen-bond acceptors (Lipinski definition) is 4. The predicted octanol–water partition coefficient (Wildman–Crippen LogP) is 5.87. The van der Waals surface area contributed by atoms with Gasteiger partial charge in [-0.15, -0.1) is 0 Å². The summed E-state index contributed by atoms with van der Waals surface area (Å²) in [5.74, 6) is 1.60. The first-order valence-corrected chi connectivity index (χ1v) is 11.8. The first-order valence-electron chi connectivity index (χ1n) is 11.0. The summed E-state index contributed by atoms with van der Waals surface area (Å²) in [4.78, 5) is 9.83. The minimum absolute atomic E-state index is 0.518. The highest BCUT2D eigenvalue weighted by Crippen LogP contribution is 2.47. The van der Waals surface area contributed by atoms with Crippen LogP contribution in [0, 0.1) is 12.8 Å². The number of fused-ring (bicyclic) bond motifs is 3. The highest BCUT2D eigenvalue weighted by Gasteiger charge is 2.23. The van der Waals surface area contributed by atoms with Crippen molar-refractivity contribution in [1.82, 2.24) is 14.9 Å². The van der Waals surface area contributed by atoms with E-state index in [4.69, 9.17) is 0 Å². The molecule has 0 amide bonds. The molecule has 1 aliphatic rings. The van der Waals surface area contributed by atoms with Crippen molar-refractivity contribution >= 4 is 34.2 Å². The maximum Gasteiger partial charge on any atom is 0.106 e. The third kappa shape index (κ3) is 4.08. The van der Waals surface area contributed by atoms with Crippen LogP contribution in [0.15, 0.2) is 82.6 Å². The first-order chi connectivity index (χ1) is 15.2. The van der Waals surface area contributed by atoms with Crippen molar-refractivity contribution in [2.75, 3.05) is 24.5 Å². The summed E-state index contributed by atoms with van der Waals surface area (Å²) >= 11 is 1.87. The Labute approximate surface area is 188 Å². The summed E-state index contributed by atoms with van der Waals surface area (Å²) in [6, 6.07) is 25.8. The fraction of sp³-hybridized carbons (Fsp3) is 0.269. The summed E-state index contributed by atoms with van der Waals surface area (Å²) in [5.41, 5.74) is 4.93. The Morgan fingerprint density at radius 1 is 0.903 bits per heavy atom. The molecule has 4 nitrogen and oxygen atoms in total. The van der Waals surface area contributed by atoms with E-state index in [-0.39, 0.29) is 0 Å². The third-order valence-corrected chi connectivity index (χ3v) is 7.01. The van der Waals surface area contributed by atoms with Gasteiger partial charge < -0.3 is 14.8 Å². The average Bonchev–Trinajstić information content (AvgIpc) is 3.11. The van der Waals surface area contributed by atoms with Gasteiger partial charge in [-0.3, -0.25) is 0 Å². The van der Waals surface area contributed by atoms with E-state index in [2.05, 4.69) is 106 Å². The summed E-state index contributed by atoms with van der Waals surface area (Å²) in [6.07, 6.45) is 0. The van der Waals surface area contributed by atoms with E-state index in [0.29, 0.717) is 5.92 Å². The summed E-state index contributed by atoms with van der Waals surface area (Å²) in [5, 5.41) is 3.67. The van der Waals surface area contributed by atoms with Gasteiger partial charge in [-0.05, 0) is 55.8 Å². The van der Waals surface area contributed by atoms with Gasteiger partial charge in [0.2, 0.25) is 0 Å². The summed E-state index contributed by atoms with van der Waals surface area (Å²) < 4.78 is 2.31. The van der Waals surface area contributed by atoms with Crippen LogP contribution >= 0.6 is 11.8 Å². The standard InChI is InChI=1S/C26H28N4S/c1-19(17-27-15-16-29-20(2)28-21-9-3-4-10-22(21)29)18-30-23-11-5-7-13-25(23)31-26-14-8-6-12-24(26)30/h3-14,19,27H,15-18H2,1-2H3. The normalized spacial score (nSPS) is 13.8. The van der Waals surface area contributed by atoms with Gasteiger partial charge in [0, 0.05) is 29.4 Å². The molecule has 5 heteroatoms. The number of nitrogens with one attached hydrogen (secondary N) is 1. The average molecular weight is 429 g/mol. The van der Waals surface area contributed by atoms with Crippen molar-refractivity contribution in [3.05, 3.63) is 78.6 Å². The molecule has 0 fully saturated rings. The van der Waals surface area contributed by atoms with Crippen LogP contribution in [0.4, 0.5) is 11.4 Å². The lowest BCUT2D eigenvalue weighted by molar-refractivity contribution is 0.499. The molecule has 4 aromatic rings. The molecule has 1 aromatic heterocycles. The molecule has 1 atom stereocenters. The fourth-order valence-electron chi connectivity index (χ4n) is 4.37. The molecule has 158 valence electrons. The quantitative estimate of drug-likeness (QED) is 0.373. The van der Waals surface area contributed by atoms with E-state index in [1.54, 1.807) is 0 Å². The third-order valence-electron chi connectivity index (χ3n) is 5.88. The maximum absolute atomic E-state index is 4.67. The number of nitrogens with zero attached hydrogens (tertiary/aromatic N) is 3. The van der Waals surface area contributed by atoms with Crippen LogP contribution in [0.2, 0.25) is 0 Å². The molecular weight excluding hydrogens is 400 g/mol. The number of anilines is 2. The topological polar surface area (TPSA) is 33.1 Å². The van der Waals surface area contributed by atoms with E-state index >= 15 is 0 Å². The minimum atomic E-state index is 0.518. The van der Waals surface area contributed by atoms with Crippen molar-refractivity contribution in [2.24, 2.45) is 5.92 Å². The fourth-order valence-corrected chi connectivity index (χ4v) is 5.47. The SMILES string of the molecule is Cc1nc2ccccc2n1CCNCC(C)CN1c2ccccc2Sc2ccccc21. The molecule has 0 saturated carbocycles. The van der Waals surface area contributed by atoms with Crippen LogP contribution in [-0.2, 0) is 6.54 Å². The van der Waals surface area contributed by atoms with Crippen LogP contribution in [0.5, 0.6) is 0 Å². The second kappa shape index (κ2) is 8.77. The van der Waals surface area contributed by atoms with Gasteiger partial charge in [-0.1, -0.05) is 55.1 Å². The maximum atomic E-state index is 4.67. The van der Waals surface area contributed by atoms with Gasteiger partial charge in [-0.2, -0.15) is 0 Å². The Kier molecular flexibility index (Phi) is 5.70. The molecular formula is C26H28N4S. The number of para-hydroxylation sites is 4. The Morgan fingerprint density at radius 3 is 2.29 bits per heavy atom. The minimum Gasteiger partial charge on any atom is -0.339 e. The number of benzene rings is 3. The van der Waals surface area contributed by atoms with Crippen molar-refractivity contribution in [3.63, 3.8) is 0 Å². The van der Waals surface area contributed by atoms with Gasteiger partial charge in [0.05, 0.1) is 22.4 Å². The zero-order valence-corrected chi connectivity index (χ0v) is 18.9. The van der Waals surface area contributed by atoms with Crippen molar-refractivity contribution < 1.29 is 0 Å². The lowest BCUT2D eigenvalue weighted by Crippen LogP contribution is -2.33. The largest absolute Gasteiger partial charge is 0.339 e. The number of aromatic nitrogens is 2.